The van der Waals surface area contributed by atoms with Crippen molar-refractivity contribution < 1.29 is 34.8 Å². The number of likely N-dealkylation sites (N-methyl/N-ethyl adjacent to an activating group) is 1. The van der Waals surface area contributed by atoms with E-state index in [1.54, 1.807) is 20.2 Å². The summed E-state index contributed by atoms with van der Waals surface area (Å²) in [6.45, 7) is 0.975. The normalized spacial score (nSPS) is 28.0. The lowest BCUT2D eigenvalue weighted by Crippen LogP contribution is -2.65. The number of hydrogen-bond acceptors (Lipinski definition) is 9. The second-order valence-corrected chi connectivity index (χ2v) is 12.0. The van der Waals surface area contributed by atoms with Crippen LogP contribution in [0.15, 0.2) is 58.3 Å². The van der Waals surface area contributed by atoms with E-state index in [0.717, 1.165) is 42.0 Å². The number of aliphatic hydroxyl groups excluding tert-OH is 2. The second-order valence-electron chi connectivity index (χ2n) is 12.0. The first kappa shape index (κ1) is 28.6. The average Bonchev–Trinajstić information content (AvgIpc) is 3.35. The summed E-state index contributed by atoms with van der Waals surface area (Å²) >= 11 is 0. The van der Waals surface area contributed by atoms with Gasteiger partial charge in [0.25, 0.3) is 5.91 Å². The minimum Gasteiger partial charge on any atom is -0.508 e. The first-order chi connectivity index (χ1) is 20.4. The van der Waals surface area contributed by atoms with Gasteiger partial charge in [-0.2, -0.15) is 0 Å². The van der Waals surface area contributed by atoms with Gasteiger partial charge < -0.3 is 31.1 Å². The van der Waals surface area contributed by atoms with E-state index in [2.05, 4.69) is 4.90 Å². The van der Waals surface area contributed by atoms with Gasteiger partial charge in [0, 0.05) is 31.5 Å². The minimum atomic E-state index is -2.66. The molecule has 0 bridgehead atoms. The summed E-state index contributed by atoms with van der Waals surface area (Å²) in [5.41, 5.74) is 4.75. The van der Waals surface area contributed by atoms with Gasteiger partial charge in [0.15, 0.2) is 11.4 Å². The standard InChI is InChI=1S/C32H34N4O7/c1-35(2)26-20-14-16-13-19-18(15-6-8-17(9-7-15)34-22-5-4-12-36(22)3)10-11-21(37)24(19)27(38)23(16)29(40)32(20,43)30(41)25(28(26)39)31(33)42/h6-11,16,20,26,37-38,41,43H,4-5,12-14H2,1-3H3,(H2,33,42)/t16-,20-,26-,32-/m1/s1. The molecule has 11 nitrogen and oxygen atoms in total. The molecule has 4 aliphatic rings. The van der Waals surface area contributed by atoms with Gasteiger partial charge in [-0.3, -0.25) is 19.3 Å². The molecule has 1 saturated heterocycles. The van der Waals surface area contributed by atoms with E-state index in [0.29, 0.717) is 5.56 Å². The van der Waals surface area contributed by atoms with Crippen molar-refractivity contribution in [2.45, 2.75) is 37.3 Å². The summed E-state index contributed by atoms with van der Waals surface area (Å²) in [6.07, 6.45) is 2.24. The number of phenols is 1. The number of nitrogens with zero attached hydrogens (tertiary/aromatic N) is 3. The number of primary amides is 1. The number of benzene rings is 2. The maximum Gasteiger partial charge on any atom is 0.255 e. The molecular formula is C32H34N4O7. The number of ketones is 2. The van der Waals surface area contributed by atoms with Gasteiger partial charge in [-0.15, -0.1) is 0 Å². The van der Waals surface area contributed by atoms with E-state index < -0.39 is 58.0 Å². The Morgan fingerprint density at radius 1 is 1.09 bits per heavy atom. The summed E-state index contributed by atoms with van der Waals surface area (Å²) in [6, 6.07) is 9.69. The third kappa shape index (κ3) is 4.17. The maximum atomic E-state index is 14.0. The molecule has 6 N–H and O–H groups in total. The third-order valence-corrected chi connectivity index (χ3v) is 9.38. The molecular weight excluding hydrogens is 552 g/mol. The van der Waals surface area contributed by atoms with Gasteiger partial charge in [-0.25, -0.2) is 4.99 Å². The Morgan fingerprint density at radius 2 is 1.79 bits per heavy atom. The second kappa shape index (κ2) is 10.1. The molecule has 0 radical (unpaired) electrons. The number of aromatic hydroxyl groups is 1. The quantitative estimate of drug-likeness (QED) is 0.337. The number of aliphatic hydroxyl groups is 3. The van der Waals surface area contributed by atoms with E-state index in [1.165, 1.54) is 11.0 Å². The lowest BCUT2D eigenvalue weighted by molar-refractivity contribution is -0.153. The molecule has 224 valence electrons. The number of rotatable bonds is 4. The van der Waals surface area contributed by atoms with Crippen molar-refractivity contribution in [1.82, 2.24) is 9.80 Å². The van der Waals surface area contributed by atoms with E-state index in [9.17, 15) is 34.8 Å². The van der Waals surface area contributed by atoms with Crippen LogP contribution in [-0.2, 0) is 20.8 Å². The molecule has 2 fully saturated rings. The first-order valence-corrected chi connectivity index (χ1v) is 14.2. The number of likely N-dealkylation sites (tertiary alicyclic amines) is 1. The molecule has 0 spiro atoms. The molecule has 1 heterocycles. The number of carbonyl (C=O) groups excluding carboxylic acids is 3. The molecule has 43 heavy (non-hydrogen) atoms. The van der Waals surface area contributed by atoms with Gasteiger partial charge in [0.2, 0.25) is 5.78 Å². The van der Waals surface area contributed by atoms with Crippen LogP contribution in [0.5, 0.6) is 5.75 Å². The van der Waals surface area contributed by atoms with Crippen molar-refractivity contribution in [2.24, 2.45) is 22.6 Å². The fourth-order valence-corrected chi connectivity index (χ4v) is 7.31. The van der Waals surface area contributed by atoms with Crippen LogP contribution in [0.2, 0.25) is 0 Å². The molecule has 2 aromatic rings. The number of hydrogen-bond donors (Lipinski definition) is 5. The Morgan fingerprint density at radius 3 is 2.40 bits per heavy atom. The van der Waals surface area contributed by atoms with E-state index in [1.807, 2.05) is 31.3 Å². The lowest BCUT2D eigenvalue weighted by Gasteiger charge is -2.50. The van der Waals surface area contributed by atoms with E-state index in [-0.39, 0.29) is 29.7 Å². The van der Waals surface area contributed by atoms with Crippen LogP contribution >= 0.6 is 0 Å². The molecule has 0 unspecified atom stereocenters. The number of amides is 1. The van der Waals surface area contributed by atoms with Crippen LogP contribution < -0.4 is 5.73 Å². The van der Waals surface area contributed by atoms with Crippen molar-refractivity contribution >= 4 is 34.8 Å². The predicted octanol–water partition coefficient (Wildman–Crippen LogP) is 2.39. The minimum absolute atomic E-state index is 0.0325. The monoisotopic (exact) mass is 586 g/mol. The molecule has 4 atom stereocenters. The van der Waals surface area contributed by atoms with Crippen LogP contribution in [0, 0.1) is 11.8 Å². The zero-order chi connectivity index (χ0) is 31.0. The van der Waals surface area contributed by atoms with Crippen molar-refractivity contribution in [3.05, 3.63) is 64.4 Å². The summed E-state index contributed by atoms with van der Waals surface area (Å²) in [7, 11) is 5.16. The molecule has 1 aliphatic heterocycles. The topological polar surface area (TPSA) is 177 Å². The third-order valence-electron chi connectivity index (χ3n) is 9.38. The Kier molecular flexibility index (Phi) is 6.70. The lowest BCUT2D eigenvalue weighted by atomic mass is 9.57. The molecule has 1 amide bonds. The van der Waals surface area contributed by atoms with Gasteiger partial charge >= 0.3 is 0 Å². The largest absolute Gasteiger partial charge is 0.508 e. The van der Waals surface area contributed by atoms with Gasteiger partial charge in [-0.1, -0.05) is 18.2 Å². The van der Waals surface area contributed by atoms with Gasteiger partial charge in [0.1, 0.15) is 28.7 Å². The van der Waals surface area contributed by atoms with Crippen LogP contribution in [0.1, 0.15) is 30.4 Å². The Labute approximate surface area is 248 Å². The number of phenolic OH excluding ortho intramolecular Hbond substituents is 1. The van der Waals surface area contributed by atoms with Crippen LogP contribution in [0.4, 0.5) is 5.69 Å². The highest BCUT2D eigenvalue weighted by Crippen LogP contribution is 2.53. The summed E-state index contributed by atoms with van der Waals surface area (Å²) < 4.78 is 0. The molecule has 6 rings (SSSR count). The van der Waals surface area contributed by atoms with Crippen LogP contribution in [-0.4, -0.2) is 92.9 Å². The smallest absolute Gasteiger partial charge is 0.255 e. The zero-order valence-corrected chi connectivity index (χ0v) is 24.2. The highest BCUT2D eigenvalue weighted by atomic mass is 16.3. The summed E-state index contributed by atoms with van der Waals surface area (Å²) in [4.78, 5) is 47.8. The summed E-state index contributed by atoms with van der Waals surface area (Å²) in [5.74, 6) is -5.69. The van der Waals surface area contributed by atoms with E-state index in [4.69, 9.17) is 10.7 Å². The summed E-state index contributed by atoms with van der Waals surface area (Å²) in [5, 5.41) is 45.1. The van der Waals surface area contributed by atoms with Crippen molar-refractivity contribution in [2.75, 3.05) is 27.7 Å². The first-order valence-electron chi connectivity index (χ1n) is 14.2. The van der Waals surface area contributed by atoms with Crippen molar-refractivity contribution in [3.63, 3.8) is 0 Å². The number of nitrogens with two attached hydrogens (primary N) is 1. The van der Waals surface area contributed by atoms with Crippen molar-refractivity contribution in [3.8, 4) is 16.9 Å². The van der Waals surface area contributed by atoms with Crippen LogP contribution in [0.3, 0.4) is 0 Å². The fourth-order valence-electron chi connectivity index (χ4n) is 7.31. The highest BCUT2D eigenvalue weighted by Gasteiger charge is 2.64. The molecule has 11 heteroatoms. The van der Waals surface area contributed by atoms with E-state index >= 15 is 0 Å². The number of Topliss-reactive ketones (excluding diaryl/α,β-unsaturated/α-hetero) is 2. The molecule has 1 saturated carbocycles. The number of amidine groups is 1. The Hall–Kier alpha value is -4.48. The Bertz CT molecular complexity index is 1670. The molecule has 3 aliphatic carbocycles. The predicted molar refractivity (Wildman–Crippen MR) is 159 cm³/mol. The number of aliphatic imine (C=N–C) groups is 1. The SMILES string of the molecule is CN1CCCC1=Nc1ccc(-c2ccc(O)c3c2C[C@@H]2C[C@@H]4[C@@H](N(C)C)C(=O)C(C(N)=O)=C(O)[C@]4(O)C(=O)C2=C3O)cc1. The zero-order valence-electron chi connectivity index (χ0n) is 24.2. The maximum absolute atomic E-state index is 14.0. The van der Waals surface area contributed by atoms with Gasteiger partial charge in [-0.05, 0) is 74.2 Å². The Balaban J connectivity index is 1.46. The average molecular weight is 587 g/mol. The highest BCUT2D eigenvalue weighted by molar-refractivity contribution is 6.24. The number of fused-ring (bicyclic) bond motifs is 3. The molecule has 0 aromatic heterocycles. The van der Waals surface area contributed by atoms with Crippen LogP contribution in [0.25, 0.3) is 16.9 Å². The fraction of sp³-hybridized carbons (Fsp3) is 0.375. The van der Waals surface area contributed by atoms with Gasteiger partial charge in [0.05, 0.1) is 17.3 Å². The molecule has 2 aromatic carbocycles. The number of carbonyl (C=O) groups is 3. The van der Waals surface area contributed by atoms with Crippen molar-refractivity contribution in [1.29, 1.82) is 0 Å².